The lowest BCUT2D eigenvalue weighted by atomic mass is 10.0. The summed E-state index contributed by atoms with van der Waals surface area (Å²) in [6, 6.07) is 2.14. The number of hydrogen-bond donors (Lipinski definition) is 2. The number of nitrogens with zero attached hydrogens (tertiary/aromatic N) is 1. The van der Waals surface area contributed by atoms with Crippen molar-refractivity contribution in [3.05, 3.63) is 17.0 Å². The maximum atomic E-state index is 12.1. The molecule has 21 heavy (non-hydrogen) atoms. The van der Waals surface area contributed by atoms with Crippen LogP contribution >= 0.6 is 11.3 Å². The Morgan fingerprint density at radius 2 is 2.29 bits per heavy atom. The van der Waals surface area contributed by atoms with Gasteiger partial charge in [0.25, 0.3) is 0 Å². The van der Waals surface area contributed by atoms with Crippen LogP contribution in [-0.2, 0) is 16.6 Å². The average Bonchev–Trinajstić information content (AvgIpc) is 2.95. The van der Waals surface area contributed by atoms with Gasteiger partial charge >= 0.3 is 0 Å². The van der Waals surface area contributed by atoms with E-state index in [0.717, 1.165) is 30.8 Å². The van der Waals surface area contributed by atoms with Gasteiger partial charge in [0, 0.05) is 12.6 Å². The topological polar surface area (TPSA) is 69.6 Å². The Balaban J connectivity index is 1.77. The third-order valence-electron chi connectivity index (χ3n) is 3.93. The van der Waals surface area contributed by atoms with Crippen LogP contribution in [0, 0.1) is 0 Å². The minimum Gasteiger partial charge on any atom is -0.392 e. The summed E-state index contributed by atoms with van der Waals surface area (Å²) in [5, 5.41) is 10.7. The summed E-state index contributed by atoms with van der Waals surface area (Å²) in [6.07, 6.45) is 4.61. The van der Waals surface area contributed by atoms with Gasteiger partial charge in [-0.15, -0.1) is 11.3 Å². The molecule has 0 spiro atoms. The molecule has 0 amide bonds. The van der Waals surface area contributed by atoms with Crippen molar-refractivity contribution >= 4 is 21.4 Å². The number of piperidine rings is 1. The first kappa shape index (κ1) is 16.9. The van der Waals surface area contributed by atoms with Gasteiger partial charge in [0.1, 0.15) is 4.21 Å². The summed E-state index contributed by atoms with van der Waals surface area (Å²) in [4.78, 5) is 2.44. The molecule has 0 bridgehead atoms. The quantitative estimate of drug-likeness (QED) is 0.747. The summed E-state index contributed by atoms with van der Waals surface area (Å²) in [5.41, 5.74) is 0.641. The normalized spacial score (nSPS) is 20.8. The number of sulfonamides is 1. The zero-order chi connectivity index (χ0) is 15.3. The van der Waals surface area contributed by atoms with Crippen LogP contribution in [0.5, 0.6) is 0 Å². The van der Waals surface area contributed by atoms with Crippen molar-refractivity contribution in [1.29, 1.82) is 0 Å². The van der Waals surface area contributed by atoms with E-state index in [1.807, 2.05) is 0 Å². The van der Waals surface area contributed by atoms with Gasteiger partial charge in [-0.25, -0.2) is 13.1 Å². The number of thiophene rings is 1. The van der Waals surface area contributed by atoms with E-state index in [9.17, 15) is 8.42 Å². The molecule has 0 aromatic carbocycles. The Labute approximate surface area is 131 Å². The second-order valence-corrected chi connectivity index (χ2v) is 8.47. The maximum Gasteiger partial charge on any atom is 0.250 e. The molecule has 1 aliphatic rings. The van der Waals surface area contributed by atoms with Crippen molar-refractivity contribution < 1.29 is 13.5 Å². The molecule has 1 saturated heterocycles. The molecule has 1 unspecified atom stereocenters. The van der Waals surface area contributed by atoms with E-state index in [1.54, 1.807) is 5.38 Å². The second kappa shape index (κ2) is 7.69. The van der Waals surface area contributed by atoms with Crippen LogP contribution in [0.1, 0.15) is 38.2 Å². The zero-order valence-electron chi connectivity index (χ0n) is 12.4. The van der Waals surface area contributed by atoms with Gasteiger partial charge in [0.05, 0.1) is 6.61 Å². The summed E-state index contributed by atoms with van der Waals surface area (Å²) >= 11 is 1.15. The Hall–Kier alpha value is -0.470. The molecule has 0 saturated carbocycles. The number of aliphatic hydroxyl groups excluding tert-OH is 1. The number of aliphatic hydroxyl groups is 1. The predicted molar refractivity (Wildman–Crippen MR) is 84.9 cm³/mol. The molecule has 0 aliphatic carbocycles. The maximum absolute atomic E-state index is 12.1. The van der Waals surface area contributed by atoms with Gasteiger partial charge in [-0.05, 0) is 56.3 Å². The highest BCUT2D eigenvalue weighted by Crippen LogP contribution is 2.20. The number of rotatable bonds is 7. The van der Waals surface area contributed by atoms with Crippen molar-refractivity contribution in [3.8, 4) is 0 Å². The first-order chi connectivity index (χ1) is 10.0. The lowest BCUT2D eigenvalue weighted by molar-refractivity contribution is 0.159. The molecule has 120 valence electrons. The largest absolute Gasteiger partial charge is 0.392 e. The molecule has 2 N–H and O–H groups in total. The molecule has 7 heteroatoms. The highest BCUT2D eigenvalue weighted by molar-refractivity contribution is 7.91. The van der Waals surface area contributed by atoms with Crippen molar-refractivity contribution in [2.75, 3.05) is 19.6 Å². The Morgan fingerprint density at radius 3 is 2.95 bits per heavy atom. The molecule has 5 nitrogen and oxygen atoms in total. The van der Waals surface area contributed by atoms with Crippen LogP contribution in [0.3, 0.4) is 0 Å². The van der Waals surface area contributed by atoms with Crippen LogP contribution in [0.15, 0.2) is 15.7 Å². The van der Waals surface area contributed by atoms with Crippen molar-refractivity contribution in [1.82, 2.24) is 9.62 Å². The molecule has 1 atom stereocenters. The van der Waals surface area contributed by atoms with E-state index in [-0.39, 0.29) is 10.8 Å². The minimum absolute atomic E-state index is 0.126. The highest BCUT2D eigenvalue weighted by Gasteiger charge is 2.19. The third kappa shape index (κ3) is 4.75. The Morgan fingerprint density at radius 1 is 1.48 bits per heavy atom. The van der Waals surface area contributed by atoms with Crippen LogP contribution in [0.4, 0.5) is 0 Å². The molecule has 1 aliphatic heterocycles. The standard InChI is InChI=1S/C14H24N2O3S2/c1-12-5-2-3-7-16(12)8-4-6-15-21(18,19)14-9-13(10-17)11-20-14/h9,11-12,15,17H,2-8,10H2,1H3. The average molecular weight is 332 g/mol. The summed E-state index contributed by atoms with van der Waals surface area (Å²) in [6.45, 7) is 4.64. The third-order valence-corrected chi connectivity index (χ3v) is 6.88. The molecular formula is C14H24N2O3S2. The SMILES string of the molecule is CC1CCCCN1CCCNS(=O)(=O)c1cc(CO)cs1. The molecular weight excluding hydrogens is 308 g/mol. The number of nitrogens with one attached hydrogen (secondary N) is 1. The predicted octanol–water partition coefficient (Wildman–Crippen LogP) is 1.78. The lowest BCUT2D eigenvalue weighted by Gasteiger charge is -2.33. The molecule has 0 radical (unpaired) electrons. The van der Waals surface area contributed by atoms with E-state index >= 15 is 0 Å². The van der Waals surface area contributed by atoms with Crippen molar-refractivity contribution in [2.45, 2.75) is 49.5 Å². The molecule has 1 aromatic rings. The van der Waals surface area contributed by atoms with Crippen LogP contribution in [0.25, 0.3) is 0 Å². The number of likely N-dealkylation sites (tertiary alicyclic amines) is 1. The monoisotopic (exact) mass is 332 g/mol. The molecule has 1 fully saturated rings. The highest BCUT2D eigenvalue weighted by atomic mass is 32.2. The van der Waals surface area contributed by atoms with E-state index in [4.69, 9.17) is 5.11 Å². The zero-order valence-corrected chi connectivity index (χ0v) is 14.0. The summed E-state index contributed by atoms with van der Waals surface area (Å²) in [5.74, 6) is 0. The van der Waals surface area contributed by atoms with Gasteiger partial charge in [0.2, 0.25) is 10.0 Å². The fraction of sp³-hybridized carbons (Fsp3) is 0.714. The molecule has 2 heterocycles. The Kier molecular flexibility index (Phi) is 6.19. The Bertz CT molecular complexity index is 542. The van der Waals surface area contributed by atoms with Crippen LogP contribution < -0.4 is 4.72 Å². The fourth-order valence-corrected chi connectivity index (χ4v) is 4.95. The lowest BCUT2D eigenvalue weighted by Crippen LogP contribution is -2.39. The number of hydrogen-bond acceptors (Lipinski definition) is 5. The molecule has 1 aromatic heterocycles. The smallest absolute Gasteiger partial charge is 0.250 e. The first-order valence-corrected chi connectivity index (χ1v) is 9.81. The van der Waals surface area contributed by atoms with Crippen LogP contribution in [-0.4, -0.2) is 44.1 Å². The van der Waals surface area contributed by atoms with E-state index < -0.39 is 10.0 Å². The van der Waals surface area contributed by atoms with Gasteiger partial charge in [-0.3, -0.25) is 0 Å². The molecule has 2 rings (SSSR count). The van der Waals surface area contributed by atoms with Gasteiger partial charge in [0.15, 0.2) is 0 Å². The van der Waals surface area contributed by atoms with Crippen molar-refractivity contribution in [3.63, 3.8) is 0 Å². The van der Waals surface area contributed by atoms with E-state index in [0.29, 0.717) is 18.2 Å². The van der Waals surface area contributed by atoms with Gasteiger partial charge in [-0.2, -0.15) is 0 Å². The minimum atomic E-state index is -3.43. The van der Waals surface area contributed by atoms with Crippen molar-refractivity contribution in [2.24, 2.45) is 0 Å². The first-order valence-electron chi connectivity index (χ1n) is 7.45. The summed E-state index contributed by atoms with van der Waals surface area (Å²) < 4.78 is 27.1. The second-order valence-electron chi connectivity index (χ2n) is 5.56. The summed E-state index contributed by atoms with van der Waals surface area (Å²) in [7, 11) is -3.43. The van der Waals surface area contributed by atoms with Gasteiger partial charge < -0.3 is 10.0 Å². The van der Waals surface area contributed by atoms with E-state index in [1.165, 1.54) is 25.3 Å². The van der Waals surface area contributed by atoms with E-state index in [2.05, 4.69) is 16.5 Å². The van der Waals surface area contributed by atoms with Crippen LogP contribution in [0.2, 0.25) is 0 Å². The fourth-order valence-electron chi connectivity index (χ4n) is 2.63. The van der Waals surface area contributed by atoms with Gasteiger partial charge in [-0.1, -0.05) is 6.42 Å².